The second kappa shape index (κ2) is 4.63. The first kappa shape index (κ1) is 11.7. The molecule has 0 saturated carbocycles. The maximum absolute atomic E-state index is 13.9. The van der Waals surface area contributed by atoms with Gasteiger partial charge in [0.1, 0.15) is 0 Å². The molecular weight excluding hydrogens is 241 g/mol. The zero-order valence-electron chi connectivity index (χ0n) is 9.36. The van der Waals surface area contributed by atoms with Crippen LogP contribution in [0, 0.1) is 12.7 Å². The van der Waals surface area contributed by atoms with Crippen LogP contribution in [0.3, 0.4) is 0 Å². The Morgan fingerprint density at radius 2 is 2.24 bits per heavy atom. The van der Waals surface area contributed by atoms with Crippen LogP contribution in [-0.4, -0.2) is 17.9 Å². The van der Waals surface area contributed by atoms with Gasteiger partial charge in [0.25, 0.3) is 0 Å². The maximum atomic E-state index is 13.9. The third-order valence-electron chi connectivity index (χ3n) is 2.27. The molecule has 1 heterocycles. The van der Waals surface area contributed by atoms with E-state index in [1.54, 1.807) is 13.0 Å². The SMILES string of the molecule is COc1cccc(C(=O)c2cnc(C)s2)c1F. The molecule has 0 amide bonds. The number of aromatic nitrogens is 1. The summed E-state index contributed by atoms with van der Waals surface area (Å²) in [5.41, 5.74) is 0.00741. The summed E-state index contributed by atoms with van der Waals surface area (Å²) < 4.78 is 18.7. The average molecular weight is 251 g/mol. The van der Waals surface area contributed by atoms with Crippen LogP contribution in [0.25, 0.3) is 0 Å². The van der Waals surface area contributed by atoms with Gasteiger partial charge in [-0.05, 0) is 19.1 Å². The average Bonchev–Trinajstić information content (AvgIpc) is 2.75. The Labute approximate surface area is 102 Å². The standard InChI is InChI=1S/C12H10FNO2S/c1-7-14-6-10(17-7)12(15)8-4-3-5-9(16-2)11(8)13/h3-6H,1-2H3. The molecule has 0 spiro atoms. The molecule has 3 nitrogen and oxygen atoms in total. The number of benzene rings is 1. The zero-order valence-corrected chi connectivity index (χ0v) is 10.2. The third kappa shape index (κ3) is 2.19. The molecule has 0 unspecified atom stereocenters. The number of halogens is 1. The molecule has 1 aromatic heterocycles. The molecule has 0 atom stereocenters. The topological polar surface area (TPSA) is 39.2 Å². The van der Waals surface area contributed by atoms with Gasteiger partial charge in [-0.2, -0.15) is 0 Å². The molecule has 2 rings (SSSR count). The van der Waals surface area contributed by atoms with Crippen molar-refractivity contribution in [2.75, 3.05) is 7.11 Å². The van der Waals surface area contributed by atoms with Crippen molar-refractivity contribution < 1.29 is 13.9 Å². The van der Waals surface area contributed by atoms with Gasteiger partial charge in [-0.15, -0.1) is 11.3 Å². The lowest BCUT2D eigenvalue weighted by Crippen LogP contribution is -2.03. The van der Waals surface area contributed by atoms with Crippen molar-refractivity contribution in [3.63, 3.8) is 0 Å². The number of carbonyl (C=O) groups is 1. The highest BCUT2D eigenvalue weighted by Gasteiger charge is 2.18. The van der Waals surface area contributed by atoms with Gasteiger partial charge in [-0.25, -0.2) is 9.37 Å². The Hall–Kier alpha value is -1.75. The predicted octanol–water partition coefficient (Wildman–Crippen LogP) is 2.83. The van der Waals surface area contributed by atoms with Gasteiger partial charge < -0.3 is 4.74 Å². The summed E-state index contributed by atoms with van der Waals surface area (Å²) in [7, 11) is 1.36. The van der Waals surface area contributed by atoms with Gasteiger partial charge in [-0.3, -0.25) is 4.79 Å². The number of rotatable bonds is 3. The van der Waals surface area contributed by atoms with Crippen molar-refractivity contribution in [2.24, 2.45) is 0 Å². The number of methoxy groups -OCH3 is 1. The summed E-state index contributed by atoms with van der Waals surface area (Å²) in [6.45, 7) is 1.80. The van der Waals surface area contributed by atoms with Crippen LogP contribution in [0.2, 0.25) is 0 Å². The van der Waals surface area contributed by atoms with E-state index in [1.165, 1.54) is 36.8 Å². The van der Waals surface area contributed by atoms with Crippen LogP contribution in [0.15, 0.2) is 24.4 Å². The number of carbonyl (C=O) groups excluding carboxylic acids is 1. The highest BCUT2D eigenvalue weighted by molar-refractivity contribution is 7.13. The first-order valence-corrected chi connectivity index (χ1v) is 5.74. The van der Waals surface area contributed by atoms with Crippen LogP contribution in [0.5, 0.6) is 5.75 Å². The Bertz CT molecular complexity index is 565. The minimum absolute atomic E-state index is 0.00741. The Kier molecular flexibility index (Phi) is 3.19. The van der Waals surface area contributed by atoms with Crippen LogP contribution in [0.1, 0.15) is 20.2 Å². The number of nitrogens with zero attached hydrogens (tertiary/aromatic N) is 1. The van der Waals surface area contributed by atoms with Gasteiger partial charge in [0.05, 0.1) is 22.6 Å². The molecule has 88 valence electrons. The Morgan fingerprint density at radius 3 is 2.82 bits per heavy atom. The number of ketones is 1. The van der Waals surface area contributed by atoms with E-state index in [9.17, 15) is 9.18 Å². The predicted molar refractivity (Wildman–Crippen MR) is 63.2 cm³/mol. The van der Waals surface area contributed by atoms with Gasteiger partial charge in [0, 0.05) is 6.20 Å². The zero-order chi connectivity index (χ0) is 12.4. The van der Waals surface area contributed by atoms with E-state index in [0.29, 0.717) is 4.88 Å². The quantitative estimate of drug-likeness (QED) is 0.787. The number of hydrogen-bond donors (Lipinski definition) is 0. The van der Waals surface area contributed by atoms with E-state index in [4.69, 9.17) is 4.74 Å². The van der Waals surface area contributed by atoms with Crippen LogP contribution in [-0.2, 0) is 0 Å². The molecule has 0 aliphatic rings. The van der Waals surface area contributed by atoms with Crippen LogP contribution < -0.4 is 4.74 Å². The number of aryl methyl sites for hydroxylation is 1. The molecule has 0 fully saturated rings. The minimum Gasteiger partial charge on any atom is -0.494 e. The lowest BCUT2D eigenvalue weighted by Gasteiger charge is -2.04. The van der Waals surface area contributed by atoms with Gasteiger partial charge in [0.2, 0.25) is 5.78 Å². The van der Waals surface area contributed by atoms with Gasteiger partial charge in [-0.1, -0.05) is 6.07 Å². The summed E-state index contributed by atoms with van der Waals surface area (Å²) in [5, 5.41) is 0.775. The second-order valence-corrected chi connectivity index (χ2v) is 4.63. The Balaban J connectivity index is 2.44. The highest BCUT2D eigenvalue weighted by Crippen LogP contribution is 2.24. The van der Waals surface area contributed by atoms with Gasteiger partial charge >= 0.3 is 0 Å². The smallest absolute Gasteiger partial charge is 0.207 e. The molecule has 0 aliphatic carbocycles. The lowest BCUT2D eigenvalue weighted by atomic mass is 10.1. The molecule has 0 saturated heterocycles. The van der Waals surface area contributed by atoms with E-state index in [-0.39, 0.29) is 17.1 Å². The van der Waals surface area contributed by atoms with E-state index in [0.717, 1.165) is 5.01 Å². The molecule has 0 aliphatic heterocycles. The summed E-state index contributed by atoms with van der Waals surface area (Å²) in [6, 6.07) is 4.50. The largest absolute Gasteiger partial charge is 0.494 e. The molecular formula is C12H10FNO2S. The van der Waals surface area contributed by atoms with Crippen molar-refractivity contribution in [2.45, 2.75) is 6.92 Å². The first-order chi connectivity index (χ1) is 8.13. The van der Waals surface area contributed by atoms with E-state index in [2.05, 4.69) is 4.98 Å². The monoisotopic (exact) mass is 251 g/mol. The summed E-state index contributed by atoms with van der Waals surface area (Å²) in [4.78, 5) is 16.4. The molecule has 0 radical (unpaired) electrons. The molecule has 0 bridgehead atoms. The fourth-order valence-electron chi connectivity index (χ4n) is 1.44. The highest BCUT2D eigenvalue weighted by atomic mass is 32.1. The second-order valence-electron chi connectivity index (χ2n) is 3.39. The van der Waals surface area contributed by atoms with Crippen molar-refractivity contribution in [1.29, 1.82) is 0 Å². The van der Waals surface area contributed by atoms with Crippen molar-refractivity contribution in [1.82, 2.24) is 4.98 Å². The molecule has 17 heavy (non-hydrogen) atoms. The molecule has 2 aromatic rings. The number of thiazole rings is 1. The van der Waals surface area contributed by atoms with Crippen molar-refractivity contribution >= 4 is 17.1 Å². The maximum Gasteiger partial charge on any atom is 0.207 e. The van der Waals surface area contributed by atoms with Crippen molar-refractivity contribution in [3.8, 4) is 5.75 Å². The molecule has 1 aromatic carbocycles. The van der Waals surface area contributed by atoms with Crippen LogP contribution in [0.4, 0.5) is 4.39 Å². The fraction of sp³-hybridized carbons (Fsp3) is 0.167. The lowest BCUT2D eigenvalue weighted by molar-refractivity contribution is 0.103. The normalized spacial score (nSPS) is 10.3. The van der Waals surface area contributed by atoms with Crippen LogP contribution >= 0.6 is 11.3 Å². The fourth-order valence-corrected chi connectivity index (χ4v) is 2.17. The summed E-state index contributed by atoms with van der Waals surface area (Å²) in [5.74, 6) is -0.935. The van der Waals surface area contributed by atoms with E-state index >= 15 is 0 Å². The third-order valence-corrected chi connectivity index (χ3v) is 3.18. The molecule has 0 N–H and O–H groups in total. The molecule has 5 heteroatoms. The number of ether oxygens (including phenoxy) is 1. The van der Waals surface area contributed by atoms with Gasteiger partial charge in [0.15, 0.2) is 11.6 Å². The van der Waals surface area contributed by atoms with E-state index in [1.807, 2.05) is 0 Å². The minimum atomic E-state index is -0.633. The van der Waals surface area contributed by atoms with Crippen molar-refractivity contribution in [3.05, 3.63) is 45.7 Å². The van der Waals surface area contributed by atoms with E-state index < -0.39 is 5.82 Å². The first-order valence-electron chi connectivity index (χ1n) is 4.93. The summed E-state index contributed by atoms with van der Waals surface area (Å²) in [6.07, 6.45) is 1.46. The Morgan fingerprint density at radius 1 is 1.47 bits per heavy atom. The number of hydrogen-bond acceptors (Lipinski definition) is 4. The summed E-state index contributed by atoms with van der Waals surface area (Å²) >= 11 is 1.24.